The van der Waals surface area contributed by atoms with E-state index < -0.39 is 5.97 Å². The lowest BCUT2D eigenvalue weighted by atomic mass is 10.1. The highest BCUT2D eigenvalue weighted by Gasteiger charge is 2.11. The molecule has 5 heteroatoms. The molecule has 1 heterocycles. The molecular formula is C13H13FN2O2. The number of hydrogen-bond acceptors (Lipinski definition) is 3. The van der Waals surface area contributed by atoms with E-state index in [1.807, 2.05) is 0 Å². The van der Waals surface area contributed by atoms with Crippen LogP contribution in [-0.4, -0.2) is 22.8 Å². The number of halogens is 1. The topological polar surface area (TPSA) is 55.0 Å². The fourth-order valence-electron chi connectivity index (χ4n) is 1.58. The van der Waals surface area contributed by atoms with E-state index >= 15 is 0 Å². The molecular weight excluding hydrogens is 235 g/mol. The molecule has 0 aliphatic heterocycles. The summed E-state index contributed by atoms with van der Waals surface area (Å²) in [6, 6.07) is 7.83. The quantitative estimate of drug-likeness (QED) is 0.845. The second-order valence-electron chi connectivity index (χ2n) is 3.80. The summed E-state index contributed by atoms with van der Waals surface area (Å²) in [4.78, 5) is 11.4. The molecule has 0 fully saturated rings. The Balaban J connectivity index is 2.06. The van der Waals surface area contributed by atoms with Crippen LogP contribution in [0.2, 0.25) is 0 Å². The van der Waals surface area contributed by atoms with Gasteiger partial charge in [0.25, 0.3) is 0 Å². The Morgan fingerprint density at radius 2 is 2.11 bits per heavy atom. The minimum atomic E-state index is -0.445. The SMILES string of the molecule is CCOC(=O)c1cc(Cc2ccc(F)cc2)[nH]n1. The molecule has 2 rings (SSSR count). The summed E-state index contributed by atoms with van der Waals surface area (Å²) in [5.41, 5.74) is 1.98. The van der Waals surface area contributed by atoms with Crippen molar-refractivity contribution in [2.24, 2.45) is 0 Å². The van der Waals surface area contributed by atoms with Crippen molar-refractivity contribution in [1.29, 1.82) is 0 Å². The number of benzene rings is 1. The van der Waals surface area contributed by atoms with Crippen LogP contribution in [0.1, 0.15) is 28.7 Å². The van der Waals surface area contributed by atoms with Gasteiger partial charge in [0.05, 0.1) is 6.61 Å². The number of nitrogens with zero attached hydrogens (tertiary/aromatic N) is 1. The highest BCUT2D eigenvalue weighted by atomic mass is 19.1. The normalized spacial score (nSPS) is 10.3. The van der Waals surface area contributed by atoms with Crippen molar-refractivity contribution in [2.75, 3.05) is 6.61 Å². The molecule has 1 aromatic heterocycles. The second kappa shape index (κ2) is 5.44. The fraction of sp³-hybridized carbons (Fsp3) is 0.231. The predicted molar refractivity (Wildman–Crippen MR) is 63.8 cm³/mol. The molecule has 0 spiro atoms. The molecule has 0 amide bonds. The molecule has 0 bridgehead atoms. The van der Waals surface area contributed by atoms with Crippen molar-refractivity contribution < 1.29 is 13.9 Å². The molecule has 2 aromatic rings. The lowest BCUT2D eigenvalue weighted by Crippen LogP contribution is -2.04. The van der Waals surface area contributed by atoms with Gasteiger partial charge < -0.3 is 4.74 Å². The van der Waals surface area contributed by atoms with Gasteiger partial charge in [0.1, 0.15) is 5.82 Å². The third-order valence-electron chi connectivity index (χ3n) is 2.42. The van der Waals surface area contributed by atoms with Crippen LogP contribution in [0.25, 0.3) is 0 Å². The summed E-state index contributed by atoms with van der Waals surface area (Å²) < 4.78 is 17.6. The summed E-state index contributed by atoms with van der Waals surface area (Å²) in [5, 5.41) is 6.64. The van der Waals surface area contributed by atoms with Crippen LogP contribution in [0.4, 0.5) is 4.39 Å². The molecule has 0 saturated carbocycles. The Morgan fingerprint density at radius 1 is 1.39 bits per heavy atom. The molecule has 0 atom stereocenters. The Morgan fingerprint density at radius 3 is 2.78 bits per heavy atom. The van der Waals surface area contributed by atoms with Crippen molar-refractivity contribution in [2.45, 2.75) is 13.3 Å². The van der Waals surface area contributed by atoms with Crippen LogP contribution in [0.5, 0.6) is 0 Å². The van der Waals surface area contributed by atoms with Gasteiger partial charge in [-0.15, -0.1) is 0 Å². The number of carbonyl (C=O) groups is 1. The van der Waals surface area contributed by atoms with Crippen LogP contribution in [0, 0.1) is 5.82 Å². The number of H-pyrrole nitrogens is 1. The van der Waals surface area contributed by atoms with E-state index in [1.54, 1.807) is 25.1 Å². The van der Waals surface area contributed by atoms with Crippen LogP contribution < -0.4 is 0 Å². The monoisotopic (exact) mass is 248 g/mol. The van der Waals surface area contributed by atoms with Gasteiger partial charge >= 0.3 is 5.97 Å². The summed E-state index contributed by atoms with van der Waals surface area (Å²) in [6.07, 6.45) is 0.562. The van der Waals surface area contributed by atoms with Crippen LogP contribution in [-0.2, 0) is 11.2 Å². The van der Waals surface area contributed by atoms with E-state index in [1.165, 1.54) is 12.1 Å². The molecule has 4 nitrogen and oxygen atoms in total. The summed E-state index contributed by atoms with van der Waals surface area (Å²) >= 11 is 0. The standard InChI is InChI=1S/C13H13FN2O2/c1-2-18-13(17)12-8-11(15-16-12)7-9-3-5-10(14)6-4-9/h3-6,8H,2,7H2,1H3,(H,15,16). The van der Waals surface area contributed by atoms with Crippen molar-refractivity contribution in [1.82, 2.24) is 10.2 Å². The van der Waals surface area contributed by atoms with Gasteiger partial charge in [-0.05, 0) is 30.7 Å². The number of hydrogen-bond donors (Lipinski definition) is 1. The molecule has 1 N–H and O–H groups in total. The minimum absolute atomic E-state index is 0.258. The first-order valence-electron chi connectivity index (χ1n) is 5.65. The smallest absolute Gasteiger partial charge is 0.358 e. The second-order valence-corrected chi connectivity index (χ2v) is 3.80. The zero-order chi connectivity index (χ0) is 13.0. The fourth-order valence-corrected chi connectivity index (χ4v) is 1.58. The Hall–Kier alpha value is -2.17. The average molecular weight is 248 g/mol. The van der Waals surface area contributed by atoms with Crippen LogP contribution >= 0.6 is 0 Å². The first-order chi connectivity index (χ1) is 8.69. The van der Waals surface area contributed by atoms with Crippen LogP contribution in [0.15, 0.2) is 30.3 Å². The maximum atomic E-state index is 12.7. The third-order valence-corrected chi connectivity index (χ3v) is 2.42. The predicted octanol–water partition coefficient (Wildman–Crippen LogP) is 2.32. The van der Waals surface area contributed by atoms with Crippen LogP contribution in [0.3, 0.4) is 0 Å². The molecule has 0 saturated heterocycles. The van der Waals surface area contributed by atoms with Crippen molar-refractivity contribution in [3.05, 3.63) is 53.1 Å². The van der Waals surface area contributed by atoms with Crippen molar-refractivity contribution in [3.8, 4) is 0 Å². The molecule has 1 aromatic carbocycles. The van der Waals surface area contributed by atoms with E-state index in [-0.39, 0.29) is 11.5 Å². The number of ether oxygens (including phenoxy) is 1. The number of esters is 1. The first kappa shape index (κ1) is 12.3. The van der Waals surface area contributed by atoms with Crippen molar-refractivity contribution >= 4 is 5.97 Å². The van der Waals surface area contributed by atoms with E-state index in [9.17, 15) is 9.18 Å². The number of rotatable bonds is 4. The molecule has 0 aliphatic carbocycles. The Labute approximate surface area is 104 Å². The van der Waals surface area contributed by atoms with E-state index in [4.69, 9.17) is 4.74 Å². The van der Waals surface area contributed by atoms with E-state index in [0.717, 1.165) is 11.3 Å². The van der Waals surface area contributed by atoms with Gasteiger partial charge in [-0.25, -0.2) is 9.18 Å². The highest BCUT2D eigenvalue weighted by molar-refractivity contribution is 5.87. The lowest BCUT2D eigenvalue weighted by molar-refractivity contribution is 0.0519. The number of aromatic amines is 1. The zero-order valence-corrected chi connectivity index (χ0v) is 9.94. The van der Waals surface area contributed by atoms with E-state index in [2.05, 4.69) is 10.2 Å². The van der Waals surface area contributed by atoms with Gasteiger partial charge in [0.15, 0.2) is 5.69 Å². The first-order valence-corrected chi connectivity index (χ1v) is 5.65. The molecule has 0 unspecified atom stereocenters. The molecule has 0 radical (unpaired) electrons. The maximum Gasteiger partial charge on any atom is 0.358 e. The zero-order valence-electron chi connectivity index (χ0n) is 9.94. The minimum Gasteiger partial charge on any atom is -0.461 e. The van der Waals surface area contributed by atoms with Gasteiger partial charge in [0.2, 0.25) is 0 Å². The summed E-state index contributed by atoms with van der Waals surface area (Å²) in [5.74, 6) is -0.713. The van der Waals surface area contributed by atoms with Gasteiger partial charge in [0, 0.05) is 12.1 Å². The Kier molecular flexibility index (Phi) is 3.72. The third kappa shape index (κ3) is 2.94. The molecule has 94 valence electrons. The summed E-state index contributed by atoms with van der Waals surface area (Å²) in [7, 11) is 0. The number of carbonyl (C=O) groups excluding carboxylic acids is 1. The highest BCUT2D eigenvalue weighted by Crippen LogP contribution is 2.10. The maximum absolute atomic E-state index is 12.7. The number of nitrogens with one attached hydrogen (secondary N) is 1. The van der Waals surface area contributed by atoms with Crippen molar-refractivity contribution in [3.63, 3.8) is 0 Å². The lowest BCUT2D eigenvalue weighted by Gasteiger charge is -1.97. The van der Waals surface area contributed by atoms with Gasteiger partial charge in [-0.2, -0.15) is 5.10 Å². The van der Waals surface area contributed by atoms with Gasteiger partial charge in [-0.1, -0.05) is 12.1 Å². The number of aromatic nitrogens is 2. The largest absolute Gasteiger partial charge is 0.461 e. The molecule has 0 aliphatic rings. The van der Waals surface area contributed by atoms with Gasteiger partial charge in [-0.3, -0.25) is 5.10 Å². The average Bonchev–Trinajstić information content (AvgIpc) is 2.81. The Bertz CT molecular complexity index is 534. The molecule has 18 heavy (non-hydrogen) atoms. The van der Waals surface area contributed by atoms with E-state index in [0.29, 0.717) is 13.0 Å². The summed E-state index contributed by atoms with van der Waals surface area (Å²) in [6.45, 7) is 2.06.